The molecule has 8 nitrogen and oxygen atoms in total. The number of aliphatic hydroxyl groups excluding tert-OH is 1. The molecule has 2 aromatic rings. The Morgan fingerprint density at radius 3 is 2.58 bits per heavy atom. The average molecular weight is 517 g/mol. The third-order valence-electron chi connectivity index (χ3n) is 8.03. The quantitative estimate of drug-likeness (QED) is 0.619. The summed E-state index contributed by atoms with van der Waals surface area (Å²) in [6.07, 6.45) is 1.43. The highest BCUT2D eigenvalue weighted by Gasteiger charge is 2.58. The number of amides is 2. The van der Waals surface area contributed by atoms with Crippen LogP contribution in [-0.2, 0) is 22.5 Å². The van der Waals surface area contributed by atoms with Crippen molar-refractivity contribution in [3.8, 4) is 17.2 Å². The maximum absolute atomic E-state index is 13.5. The number of hydrogen-bond donors (Lipinski definition) is 2. The Bertz CT molecular complexity index is 1280. The lowest BCUT2D eigenvalue weighted by molar-refractivity contribution is -0.132. The Kier molecular flexibility index (Phi) is 6.70. The van der Waals surface area contributed by atoms with Gasteiger partial charge in [0.2, 0.25) is 5.91 Å². The Hall–Kier alpha value is -3.41. The molecular weight excluding hydrogens is 480 g/mol. The van der Waals surface area contributed by atoms with Crippen LogP contribution in [-0.4, -0.2) is 57.7 Å². The fourth-order valence-electron chi connectivity index (χ4n) is 6.11. The van der Waals surface area contributed by atoms with Crippen molar-refractivity contribution in [1.29, 1.82) is 5.26 Å². The van der Waals surface area contributed by atoms with Gasteiger partial charge in [-0.2, -0.15) is 5.26 Å². The summed E-state index contributed by atoms with van der Waals surface area (Å²) in [5, 5.41) is 23.0. The van der Waals surface area contributed by atoms with E-state index >= 15 is 0 Å². The molecule has 38 heavy (non-hydrogen) atoms. The molecule has 1 aliphatic carbocycles. The van der Waals surface area contributed by atoms with Gasteiger partial charge < -0.3 is 15.2 Å². The molecule has 2 N–H and O–H groups in total. The summed E-state index contributed by atoms with van der Waals surface area (Å²) >= 11 is 0. The summed E-state index contributed by atoms with van der Waals surface area (Å²) in [5.74, 6) is 0.0149. The molecular formula is C30H36N4O4. The van der Waals surface area contributed by atoms with Gasteiger partial charge in [-0.1, -0.05) is 36.4 Å². The van der Waals surface area contributed by atoms with Gasteiger partial charge in [-0.25, -0.2) is 4.79 Å². The molecule has 2 aliphatic heterocycles. The number of nitriles is 1. The fourth-order valence-corrected chi connectivity index (χ4v) is 6.11. The summed E-state index contributed by atoms with van der Waals surface area (Å²) < 4.78 is 5.59. The van der Waals surface area contributed by atoms with Gasteiger partial charge in [0, 0.05) is 19.5 Å². The van der Waals surface area contributed by atoms with Gasteiger partial charge in [0.15, 0.2) is 0 Å². The second-order valence-corrected chi connectivity index (χ2v) is 12.0. The minimum atomic E-state index is -0.943. The highest BCUT2D eigenvalue weighted by molar-refractivity contribution is 5.91. The van der Waals surface area contributed by atoms with E-state index < -0.39 is 29.5 Å². The minimum absolute atomic E-state index is 0.267. The van der Waals surface area contributed by atoms with Crippen molar-refractivity contribution in [2.24, 2.45) is 5.92 Å². The second-order valence-electron chi connectivity index (χ2n) is 12.0. The Labute approximate surface area is 224 Å². The number of carbonyl (C=O) groups excluding carboxylic acids is 2. The van der Waals surface area contributed by atoms with E-state index in [0.29, 0.717) is 32.4 Å². The number of nitrogens with one attached hydrogen (secondary N) is 1. The van der Waals surface area contributed by atoms with Gasteiger partial charge in [-0.3, -0.25) is 14.6 Å². The standard InChI is InChI=1S/C30H36N4O4/c1-29(2,3)38-28(37)34-17-20-11-12-30(34,15-20)27(36)32-24(16-31)13-19-5-7-21(8-6-19)22-9-10-25-23(14-22)18-33(4)26(25)35/h5-10,14,20,24,26,35H,11-13,15,17-18H2,1-4H3,(H,32,36). The molecule has 2 amide bonds. The molecule has 2 heterocycles. The predicted octanol–water partition coefficient (Wildman–Crippen LogP) is 4.13. The molecule has 3 aliphatic rings. The van der Waals surface area contributed by atoms with Crippen molar-refractivity contribution >= 4 is 12.0 Å². The van der Waals surface area contributed by atoms with E-state index in [1.54, 1.807) is 4.90 Å². The van der Waals surface area contributed by atoms with Crippen molar-refractivity contribution < 1.29 is 19.4 Å². The topological polar surface area (TPSA) is 106 Å². The number of likely N-dealkylation sites (tertiary alicyclic amines) is 1. The Balaban J connectivity index is 1.25. The maximum Gasteiger partial charge on any atom is 0.411 e. The van der Waals surface area contributed by atoms with E-state index in [1.807, 2.05) is 69.1 Å². The third kappa shape index (κ3) is 4.89. The smallest absolute Gasteiger partial charge is 0.411 e. The first-order valence-corrected chi connectivity index (χ1v) is 13.3. The summed E-state index contributed by atoms with van der Waals surface area (Å²) in [6.45, 7) is 6.67. The van der Waals surface area contributed by atoms with Crippen molar-refractivity contribution in [2.75, 3.05) is 13.6 Å². The second kappa shape index (κ2) is 9.72. The molecule has 4 unspecified atom stereocenters. The number of benzene rings is 2. The van der Waals surface area contributed by atoms with Crippen LogP contribution in [0.3, 0.4) is 0 Å². The average Bonchev–Trinajstić information content (AvgIpc) is 3.55. The largest absolute Gasteiger partial charge is 0.444 e. The molecule has 4 atom stereocenters. The number of carbonyl (C=O) groups is 2. The van der Waals surface area contributed by atoms with E-state index in [2.05, 4.69) is 17.5 Å². The number of rotatable bonds is 5. The Morgan fingerprint density at radius 1 is 1.21 bits per heavy atom. The zero-order valence-corrected chi connectivity index (χ0v) is 22.5. The highest BCUT2D eigenvalue weighted by Crippen LogP contribution is 2.47. The maximum atomic E-state index is 13.5. The zero-order valence-electron chi connectivity index (χ0n) is 22.5. The molecule has 1 saturated carbocycles. The van der Waals surface area contributed by atoms with E-state index in [1.165, 1.54) is 0 Å². The molecule has 0 aromatic heterocycles. The molecule has 200 valence electrons. The summed E-state index contributed by atoms with van der Waals surface area (Å²) in [5.41, 5.74) is 3.54. The van der Waals surface area contributed by atoms with Crippen molar-refractivity contribution in [3.05, 3.63) is 59.2 Å². The molecule has 0 radical (unpaired) electrons. The van der Waals surface area contributed by atoms with Crippen LogP contribution in [0.25, 0.3) is 11.1 Å². The van der Waals surface area contributed by atoms with Crippen molar-refractivity contribution in [1.82, 2.24) is 15.1 Å². The van der Waals surface area contributed by atoms with Gasteiger partial charge in [0.05, 0.1) is 6.07 Å². The first-order valence-electron chi connectivity index (χ1n) is 13.3. The summed E-state index contributed by atoms with van der Waals surface area (Å²) in [4.78, 5) is 29.9. The van der Waals surface area contributed by atoms with Crippen LogP contribution in [0, 0.1) is 17.2 Å². The van der Waals surface area contributed by atoms with Crippen molar-refractivity contribution in [3.63, 3.8) is 0 Å². The van der Waals surface area contributed by atoms with Gasteiger partial charge in [0.1, 0.15) is 23.4 Å². The molecule has 2 bridgehead atoms. The number of hydrogen-bond acceptors (Lipinski definition) is 6. The Morgan fingerprint density at radius 2 is 1.92 bits per heavy atom. The fraction of sp³-hybridized carbons (Fsp3) is 0.500. The van der Waals surface area contributed by atoms with Crippen LogP contribution in [0.2, 0.25) is 0 Å². The van der Waals surface area contributed by atoms with E-state index in [9.17, 15) is 20.0 Å². The van der Waals surface area contributed by atoms with Crippen LogP contribution in [0.4, 0.5) is 4.79 Å². The number of nitrogens with zero attached hydrogens (tertiary/aromatic N) is 3. The monoisotopic (exact) mass is 516 g/mol. The van der Waals surface area contributed by atoms with Gasteiger partial charge >= 0.3 is 6.09 Å². The normalized spacial score (nSPS) is 25.1. The molecule has 1 saturated heterocycles. The number of piperidine rings is 1. The minimum Gasteiger partial charge on any atom is -0.444 e. The molecule has 5 rings (SSSR count). The first kappa shape index (κ1) is 26.2. The van der Waals surface area contributed by atoms with Crippen LogP contribution < -0.4 is 5.32 Å². The molecule has 2 fully saturated rings. The number of ether oxygens (including phenoxy) is 1. The summed E-state index contributed by atoms with van der Waals surface area (Å²) in [7, 11) is 1.90. The molecule has 0 spiro atoms. The highest BCUT2D eigenvalue weighted by atomic mass is 16.6. The van der Waals surface area contributed by atoms with Crippen LogP contribution in [0.15, 0.2) is 42.5 Å². The van der Waals surface area contributed by atoms with Crippen LogP contribution in [0.1, 0.15) is 63.0 Å². The predicted molar refractivity (Wildman–Crippen MR) is 143 cm³/mol. The lowest BCUT2D eigenvalue weighted by Crippen LogP contribution is -2.59. The van der Waals surface area contributed by atoms with Gasteiger partial charge in [0.25, 0.3) is 0 Å². The number of fused-ring (bicyclic) bond motifs is 3. The zero-order chi connectivity index (χ0) is 27.2. The third-order valence-corrected chi connectivity index (χ3v) is 8.03. The van der Waals surface area contributed by atoms with Gasteiger partial charge in [-0.15, -0.1) is 0 Å². The lowest BCUT2D eigenvalue weighted by atomic mass is 9.94. The van der Waals surface area contributed by atoms with E-state index in [4.69, 9.17) is 4.74 Å². The lowest BCUT2D eigenvalue weighted by Gasteiger charge is -2.38. The van der Waals surface area contributed by atoms with Crippen LogP contribution in [0.5, 0.6) is 0 Å². The van der Waals surface area contributed by atoms with E-state index in [-0.39, 0.29) is 11.8 Å². The number of aliphatic hydroxyl groups is 1. The SMILES string of the molecule is CN1Cc2cc(-c3ccc(CC(C#N)NC(=O)C45CCC(CN4C(=O)OC(C)(C)C)C5)cc3)ccc2C1O. The van der Waals surface area contributed by atoms with E-state index in [0.717, 1.165) is 34.2 Å². The van der Waals surface area contributed by atoms with Crippen molar-refractivity contribution in [2.45, 2.75) is 76.4 Å². The molecule has 2 aromatic carbocycles. The summed E-state index contributed by atoms with van der Waals surface area (Å²) in [6, 6.07) is 15.6. The first-order chi connectivity index (χ1) is 18.0. The molecule has 8 heteroatoms. The van der Waals surface area contributed by atoms with Gasteiger partial charge in [-0.05, 0) is 86.9 Å². The van der Waals surface area contributed by atoms with Crippen LogP contribution >= 0.6 is 0 Å².